The first-order valence-electron chi connectivity index (χ1n) is 6.80. The van der Waals surface area contributed by atoms with E-state index in [1.807, 2.05) is 36.4 Å². The van der Waals surface area contributed by atoms with Crippen LogP contribution >= 0.6 is 0 Å². The van der Waals surface area contributed by atoms with Gasteiger partial charge in [0.25, 0.3) is 0 Å². The van der Waals surface area contributed by atoms with Crippen LogP contribution in [0.25, 0.3) is 0 Å². The maximum absolute atomic E-state index is 9.44. The van der Waals surface area contributed by atoms with E-state index in [0.717, 1.165) is 17.7 Å². The van der Waals surface area contributed by atoms with Crippen LogP contribution in [0.2, 0.25) is 0 Å². The van der Waals surface area contributed by atoms with E-state index in [0.29, 0.717) is 0 Å². The summed E-state index contributed by atoms with van der Waals surface area (Å²) in [6.45, 7) is 0. The summed E-state index contributed by atoms with van der Waals surface area (Å²) in [5.74, 6) is 0.266. The Morgan fingerprint density at radius 2 is 1.35 bits per heavy atom. The fourth-order valence-electron chi connectivity index (χ4n) is 3.00. The predicted molar refractivity (Wildman–Crippen MR) is 79.8 cm³/mol. The molecule has 0 fully saturated rings. The molecule has 0 bridgehead atoms. The van der Waals surface area contributed by atoms with Gasteiger partial charge in [-0.25, -0.2) is 0 Å². The molecule has 0 saturated heterocycles. The van der Waals surface area contributed by atoms with E-state index in [-0.39, 0.29) is 11.8 Å². The van der Waals surface area contributed by atoms with Gasteiger partial charge in [0, 0.05) is 17.5 Å². The van der Waals surface area contributed by atoms with E-state index >= 15 is 0 Å². The van der Waals surface area contributed by atoms with Gasteiger partial charge >= 0.3 is 0 Å². The second kappa shape index (κ2) is 5.22. The first kappa shape index (κ1) is 12.5. The molecule has 1 aliphatic rings. The third kappa shape index (κ3) is 2.08. The molecule has 2 atom stereocenters. The van der Waals surface area contributed by atoms with Crippen molar-refractivity contribution in [2.75, 3.05) is 0 Å². The van der Waals surface area contributed by atoms with Crippen LogP contribution in [0.1, 0.15) is 29.4 Å². The largest absolute Gasteiger partial charge is 0.401 e. The lowest BCUT2D eigenvalue weighted by Gasteiger charge is -2.14. The number of hydrogen-bond acceptors (Lipinski definition) is 2. The first-order valence-corrected chi connectivity index (χ1v) is 6.80. The van der Waals surface area contributed by atoms with Crippen LogP contribution in [0.5, 0.6) is 0 Å². The summed E-state index contributed by atoms with van der Waals surface area (Å²) < 4.78 is 0. The minimum Gasteiger partial charge on any atom is -0.401 e. The topological polar surface area (TPSA) is 49.8 Å². The highest BCUT2D eigenvalue weighted by atomic mass is 14.6. The fourth-order valence-corrected chi connectivity index (χ4v) is 3.00. The molecule has 0 heterocycles. The molecule has 0 aromatic heterocycles. The van der Waals surface area contributed by atoms with Gasteiger partial charge in [0.2, 0.25) is 0 Å². The number of allylic oxidation sites excluding steroid dienone is 2. The molecule has 0 radical (unpaired) electrons. The molecule has 20 heavy (non-hydrogen) atoms. The van der Waals surface area contributed by atoms with E-state index in [2.05, 4.69) is 30.3 Å². The summed E-state index contributed by atoms with van der Waals surface area (Å²) >= 11 is 0. The molecule has 0 aliphatic heterocycles. The number of nitrogens with zero attached hydrogens (tertiary/aromatic N) is 1. The van der Waals surface area contributed by atoms with Crippen molar-refractivity contribution in [2.24, 2.45) is 5.73 Å². The summed E-state index contributed by atoms with van der Waals surface area (Å²) in [6, 6.07) is 22.7. The van der Waals surface area contributed by atoms with Gasteiger partial charge in [-0.2, -0.15) is 5.26 Å². The van der Waals surface area contributed by atoms with Gasteiger partial charge in [-0.3, -0.25) is 0 Å². The third-order valence-electron chi connectivity index (χ3n) is 4.03. The SMILES string of the molecule is N#CC1=C(N)C(c2ccccc2)CC1c1ccccc1. The molecule has 1 aliphatic carbocycles. The Kier molecular flexibility index (Phi) is 3.26. The summed E-state index contributed by atoms with van der Waals surface area (Å²) in [6.07, 6.45) is 0.878. The number of nitrogens with two attached hydrogens (primary N) is 1. The number of nitriles is 1. The van der Waals surface area contributed by atoms with Crippen molar-refractivity contribution in [1.82, 2.24) is 0 Å². The van der Waals surface area contributed by atoms with Crippen LogP contribution in [-0.2, 0) is 0 Å². The normalized spacial score (nSPS) is 21.8. The Morgan fingerprint density at radius 3 is 1.85 bits per heavy atom. The molecule has 0 spiro atoms. The van der Waals surface area contributed by atoms with Crippen molar-refractivity contribution in [3.8, 4) is 6.07 Å². The fraction of sp³-hybridized carbons (Fsp3) is 0.167. The van der Waals surface area contributed by atoms with Gasteiger partial charge in [-0.05, 0) is 17.5 Å². The summed E-state index contributed by atoms with van der Waals surface area (Å²) in [5, 5.41) is 9.44. The van der Waals surface area contributed by atoms with Gasteiger partial charge in [-0.1, -0.05) is 60.7 Å². The summed E-state index contributed by atoms with van der Waals surface area (Å²) in [4.78, 5) is 0. The van der Waals surface area contributed by atoms with E-state index in [9.17, 15) is 5.26 Å². The molecule has 2 unspecified atom stereocenters. The zero-order valence-corrected chi connectivity index (χ0v) is 11.2. The lowest BCUT2D eigenvalue weighted by molar-refractivity contribution is 0.698. The Hall–Kier alpha value is -2.53. The molecule has 2 N–H and O–H groups in total. The van der Waals surface area contributed by atoms with Crippen molar-refractivity contribution in [3.63, 3.8) is 0 Å². The van der Waals surface area contributed by atoms with Crippen molar-refractivity contribution >= 4 is 0 Å². The van der Waals surface area contributed by atoms with E-state index < -0.39 is 0 Å². The molecule has 3 rings (SSSR count). The summed E-state index contributed by atoms with van der Waals surface area (Å²) in [7, 11) is 0. The van der Waals surface area contributed by atoms with Gasteiger partial charge in [0.1, 0.15) is 0 Å². The Labute approximate surface area is 119 Å². The minimum atomic E-state index is 0.117. The lowest BCUT2D eigenvalue weighted by Crippen LogP contribution is -2.06. The number of hydrogen-bond donors (Lipinski definition) is 1. The third-order valence-corrected chi connectivity index (χ3v) is 4.03. The van der Waals surface area contributed by atoms with Crippen LogP contribution in [0.4, 0.5) is 0 Å². The molecule has 2 heteroatoms. The van der Waals surface area contributed by atoms with Gasteiger partial charge in [0.15, 0.2) is 0 Å². The molecular weight excluding hydrogens is 244 g/mol. The van der Waals surface area contributed by atoms with Crippen molar-refractivity contribution in [2.45, 2.75) is 18.3 Å². The Bertz CT molecular complexity index is 666. The van der Waals surface area contributed by atoms with Crippen LogP contribution in [0.3, 0.4) is 0 Å². The highest BCUT2D eigenvalue weighted by molar-refractivity contribution is 5.48. The Morgan fingerprint density at radius 1 is 0.850 bits per heavy atom. The second-order valence-electron chi connectivity index (χ2n) is 5.14. The molecule has 2 aromatic carbocycles. The standard InChI is InChI=1S/C18H16N2/c19-12-17-15(13-7-3-1-4-8-13)11-16(18(17)20)14-9-5-2-6-10-14/h1-10,15-16H,11,20H2. The zero-order valence-electron chi connectivity index (χ0n) is 11.2. The lowest BCUT2D eigenvalue weighted by atomic mass is 9.89. The van der Waals surface area contributed by atoms with Gasteiger partial charge < -0.3 is 5.73 Å². The van der Waals surface area contributed by atoms with Crippen molar-refractivity contribution < 1.29 is 0 Å². The Balaban J connectivity index is 2.00. The average Bonchev–Trinajstić information content (AvgIpc) is 2.86. The van der Waals surface area contributed by atoms with Crippen molar-refractivity contribution in [1.29, 1.82) is 5.26 Å². The average molecular weight is 260 g/mol. The monoisotopic (exact) mass is 260 g/mol. The van der Waals surface area contributed by atoms with E-state index in [4.69, 9.17) is 5.73 Å². The quantitative estimate of drug-likeness (QED) is 0.895. The summed E-state index contributed by atoms with van der Waals surface area (Å²) in [5.41, 5.74) is 10.1. The predicted octanol–water partition coefficient (Wildman–Crippen LogP) is 3.69. The van der Waals surface area contributed by atoms with Gasteiger partial charge in [-0.15, -0.1) is 0 Å². The van der Waals surface area contributed by atoms with E-state index in [1.165, 1.54) is 11.1 Å². The van der Waals surface area contributed by atoms with Crippen LogP contribution in [0, 0.1) is 11.3 Å². The molecule has 2 nitrogen and oxygen atoms in total. The van der Waals surface area contributed by atoms with Crippen LogP contribution < -0.4 is 5.73 Å². The minimum absolute atomic E-state index is 0.117. The molecule has 98 valence electrons. The highest BCUT2D eigenvalue weighted by Gasteiger charge is 2.34. The molecular formula is C18H16N2. The molecule has 0 saturated carbocycles. The second-order valence-corrected chi connectivity index (χ2v) is 5.14. The van der Waals surface area contributed by atoms with E-state index in [1.54, 1.807) is 0 Å². The van der Waals surface area contributed by atoms with Crippen LogP contribution in [0.15, 0.2) is 71.9 Å². The van der Waals surface area contributed by atoms with Crippen molar-refractivity contribution in [3.05, 3.63) is 83.1 Å². The first-order chi connectivity index (χ1) is 9.81. The molecule has 2 aromatic rings. The highest BCUT2D eigenvalue weighted by Crippen LogP contribution is 2.45. The number of rotatable bonds is 2. The maximum Gasteiger partial charge on any atom is 0.0972 e. The zero-order chi connectivity index (χ0) is 13.9. The maximum atomic E-state index is 9.44. The number of benzene rings is 2. The molecule has 0 amide bonds. The van der Waals surface area contributed by atoms with Gasteiger partial charge in [0.05, 0.1) is 11.6 Å². The smallest absolute Gasteiger partial charge is 0.0972 e. The van der Waals surface area contributed by atoms with Crippen LogP contribution in [-0.4, -0.2) is 0 Å².